The van der Waals surface area contributed by atoms with E-state index in [9.17, 15) is 0 Å². The van der Waals surface area contributed by atoms with Crippen molar-refractivity contribution < 1.29 is 9.47 Å². The van der Waals surface area contributed by atoms with Gasteiger partial charge in [0.05, 0.1) is 12.7 Å². The molecule has 0 saturated carbocycles. The Labute approximate surface area is 92.8 Å². The first-order valence-corrected chi connectivity index (χ1v) is 5.51. The molecule has 0 aliphatic rings. The number of methoxy groups -OCH3 is 1. The van der Waals surface area contributed by atoms with Crippen molar-refractivity contribution in [1.82, 2.24) is 4.90 Å². The molecule has 15 heavy (non-hydrogen) atoms. The zero-order valence-electron chi connectivity index (χ0n) is 9.87. The lowest BCUT2D eigenvalue weighted by Crippen LogP contribution is -2.28. The highest BCUT2D eigenvalue weighted by atomic mass is 16.5. The van der Waals surface area contributed by atoms with E-state index in [2.05, 4.69) is 17.9 Å². The van der Waals surface area contributed by atoms with Crippen molar-refractivity contribution in [3.63, 3.8) is 0 Å². The van der Waals surface area contributed by atoms with Crippen LogP contribution in [0.5, 0.6) is 0 Å². The van der Waals surface area contributed by atoms with E-state index in [0.717, 1.165) is 45.9 Å². The molecule has 0 amide bonds. The summed E-state index contributed by atoms with van der Waals surface area (Å²) in [6.07, 6.45) is 1.54. The van der Waals surface area contributed by atoms with E-state index in [1.807, 2.05) is 0 Å². The second-order valence-electron chi connectivity index (χ2n) is 3.30. The lowest BCUT2D eigenvalue weighted by atomic mass is 10.4. The van der Waals surface area contributed by atoms with Crippen LogP contribution in [0.2, 0.25) is 0 Å². The van der Waals surface area contributed by atoms with E-state index in [1.54, 1.807) is 7.11 Å². The van der Waals surface area contributed by atoms with Gasteiger partial charge in [0.25, 0.3) is 0 Å². The van der Waals surface area contributed by atoms with Gasteiger partial charge in [0.15, 0.2) is 0 Å². The number of hydrogen-bond donors (Lipinski definition) is 0. The Hall–Kier alpha value is -0.630. The zero-order chi connectivity index (χ0) is 11.4. The monoisotopic (exact) mass is 214 g/mol. The molecule has 0 atom stereocenters. The molecular formula is C11H22N2O2. The topological polar surface area (TPSA) is 45.5 Å². The van der Waals surface area contributed by atoms with Crippen LogP contribution in [-0.4, -0.2) is 51.5 Å². The molecule has 0 bridgehead atoms. The third-order valence-electron chi connectivity index (χ3n) is 2.18. The van der Waals surface area contributed by atoms with Crippen LogP contribution in [0.25, 0.3) is 0 Å². The van der Waals surface area contributed by atoms with Gasteiger partial charge in [-0.05, 0) is 13.0 Å². The van der Waals surface area contributed by atoms with Crippen molar-refractivity contribution in [2.45, 2.75) is 19.8 Å². The van der Waals surface area contributed by atoms with E-state index in [0.29, 0.717) is 6.42 Å². The molecule has 0 rings (SSSR count). The molecule has 0 aliphatic carbocycles. The molecule has 88 valence electrons. The van der Waals surface area contributed by atoms with Gasteiger partial charge in [-0.15, -0.1) is 0 Å². The Morgan fingerprint density at radius 2 is 2.00 bits per heavy atom. The number of rotatable bonds is 10. The summed E-state index contributed by atoms with van der Waals surface area (Å²) < 4.78 is 10.4. The minimum absolute atomic E-state index is 0.595. The molecule has 0 aromatic carbocycles. The fourth-order valence-electron chi connectivity index (χ4n) is 1.24. The summed E-state index contributed by atoms with van der Waals surface area (Å²) in [4.78, 5) is 2.22. The fourth-order valence-corrected chi connectivity index (χ4v) is 1.24. The van der Waals surface area contributed by atoms with Crippen LogP contribution in [0.1, 0.15) is 19.8 Å². The van der Waals surface area contributed by atoms with Crippen LogP contribution in [0, 0.1) is 11.3 Å². The Morgan fingerprint density at radius 1 is 1.20 bits per heavy atom. The first-order valence-electron chi connectivity index (χ1n) is 5.51. The minimum atomic E-state index is 0.595. The molecule has 0 N–H and O–H groups in total. The maximum absolute atomic E-state index is 8.46. The Morgan fingerprint density at radius 3 is 2.60 bits per heavy atom. The summed E-state index contributed by atoms with van der Waals surface area (Å²) in [7, 11) is 1.70. The van der Waals surface area contributed by atoms with Gasteiger partial charge in [0.2, 0.25) is 0 Å². The van der Waals surface area contributed by atoms with Gasteiger partial charge in [-0.25, -0.2) is 0 Å². The Bertz CT molecular complexity index is 168. The van der Waals surface area contributed by atoms with Crippen molar-refractivity contribution in [3.05, 3.63) is 0 Å². The van der Waals surface area contributed by atoms with Crippen molar-refractivity contribution in [2.24, 2.45) is 0 Å². The van der Waals surface area contributed by atoms with E-state index in [1.165, 1.54) is 0 Å². The molecule has 4 nitrogen and oxygen atoms in total. The summed E-state index contributed by atoms with van der Waals surface area (Å²) in [6.45, 7) is 7.07. The van der Waals surface area contributed by atoms with Crippen LogP contribution in [0.4, 0.5) is 0 Å². The van der Waals surface area contributed by atoms with Crippen LogP contribution in [-0.2, 0) is 9.47 Å². The summed E-state index contributed by atoms with van der Waals surface area (Å²) in [5.74, 6) is 0. The summed E-state index contributed by atoms with van der Waals surface area (Å²) in [5, 5.41) is 8.46. The standard InChI is InChI=1S/C11H22N2O2/c1-3-13(7-4-6-12)8-11-15-10-5-9-14-2/h3-5,7-11H2,1-2H3. The van der Waals surface area contributed by atoms with Gasteiger partial charge < -0.3 is 14.4 Å². The largest absolute Gasteiger partial charge is 0.385 e. The van der Waals surface area contributed by atoms with Crippen LogP contribution < -0.4 is 0 Å². The molecule has 0 aromatic rings. The highest BCUT2D eigenvalue weighted by Crippen LogP contribution is 1.91. The fraction of sp³-hybridized carbons (Fsp3) is 0.909. The van der Waals surface area contributed by atoms with Gasteiger partial charge in [0.1, 0.15) is 0 Å². The summed E-state index contributed by atoms with van der Waals surface area (Å²) in [6, 6.07) is 2.15. The maximum atomic E-state index is 8.46. The van der Waals surface area contributed by atoms with Gasteiger partial charge in [-0.1, -0.05) is 6.92 Å². The first kappa shape index (κ1) is 14.4. The van der Waals surface area contributed by atoms with Gasteiger partial charge in [0, 0.05) is 39.8 Å². The number of nitrogens with zero attached hydrogens (tertiary/aromatic N) is 2. The molecular weight excluding hydrogens is 192 g/mol. The second-order valence-corrected chi connectivity index (χ2v) is 3.30. The molecule has 0 aliphatic heterocycles. The molecule has 0 unspecified atom stereocenters. The SMILES string of the molecule is CCN(CCC#N)CCOCCCOC. The van der Waals surface area contributed by atoms with E-state index in [-0.39, 0.29) is 0 Å². The number of nitriles is 1. The number of ether oxygens (including phenoxy) is 2. The van der Waals surface area contributed by atoms with Crippen LogP contribution >= 0.6 is 0 Å². The van der Waals surface area contributed by atoms with Crippen LogP contribution in [0.3, 0.4) is 0 Å². The lowest BCUT2D eigenvalue weighted by molar-refractivity contribution is 0.0852. The quantitative estimate of drug-likeness (QED) is 0.514. The van der Waals surface area contributed by atoms with E-state index >= 15 is 0 Å². The Balaban J connectivity index is 3.27. The average Bonchev–Trinajstić information content (AvgIpc) is 2.27. The molecule has 0 aromatic heterocycles. The van der Waals surface area contributed by atoms with Gasteiger partial charge in [-0.3, -0.25) is 0 Å². The average molecular weight is 214 g/mol. The van der Waals surface area contributed by atoms with Crippen molar-refractivity contribution in [2.75, 3.05) is 46.6 Å². The first-order chi connectivity index (χ1) is 7.35. The maximum Gasteiger partial charge on any atom is 0.0635 e. The molecule has 0 saturated heterocycles. The lowest BCUT2D eigenvalue weighted by Gasteiger charge is -2.18. The van der Waals surface area contributed by atoms with E-state index in [4.69, 9.17) is 14.7 Å². The van der Waals surface area contributed by atoms with Crippen molar-refractivity contribution in [3.8, 4) is 6.07 Å². The predicted octanol–water partition coefficient (Wildman–Crippen LogP) is 1.28. The smallest absolute Gasteiger partial charge is 0.0635 e. The zero-order valence-corrected chi connectivity index (χ0v) is 9.87. The highest BCUT2D eigenvalue weighted by molar-refractivity contribution is 4.71. The molecule has 4 heteroatoms. The normalized spacial score (nSPS) is 10.5. The molecule has 0 heterocycles. The van der Waals surface area contributed by atoms with Crippen molar-refractivity contribution in [1.29, 1.82) is 5.26 Å². The third kappa shape index (κ3) is 9.67. The molecule has 0 fully saturated rings. The van der Waals surface area contributed by atoms with Crippen molar-refractivity contribution >= 4 is 0 Å². The minimum Gasteiger partial charge on any atom is -0.385 e. The second kappa shape index (κ2) is 11.4. The predicted molar refractivity (Wildman–Crippen MR) is 59.7 cm³/mol. The Kier molecular flexibility index (Phi) is 11.0. The third-order valence-corrected chi connectivity index (χ3v) is 2.18. The summed E-state index contributed by atoms with van der Waals surface area (Å²) >= 11 is 0. The van der Waals surface area contributed by atoms with Crippen LogP contribution in [0.15, 0.2) is 0 Å². The number of likely N-dealkylation sites (N-methyl/N-ethyl adjacent to an activating group) is 1. The summed E-state index contributed by atoms with van der Waals surface area (Å²) in [5.41, 5.74) is 0. The van der Waals surface area contributed by atoms with Gasteiger partial charge >= 0.3 is 0 Å². The molecule has 0 spiro atoms. The van der Waals surface area contributed by atoms with Gasteiger partial charge in [-0.2, -0.15) is 5.26 Å². The highest BCUT2D eigenvalue weighted by Gasteiger charge is 2.00. The number of hydrogen-bond acceptors (Lipinski definition) is 4. The molecule has 0 radical (unpaired) electrons. The van der Waals surface area contributed by atoms with E-state index < -0.39 is 0 Å².